The van der Waals surface area contributed by atoms with Gasteiger partial charge in [-0.3, -0.25) is 19.8 Å². The first kappa shape index (κ1) is 29.9. The molecule has 0 radical (unpaired) electrons. The molecule has 1 unspecified atom stereocenters. The van der Waals surface area contributed by atoms with Crippen molar-refractivity contribution >= 4 is 23.0 Å². The van der Waals surface area contributed by atoms with Gasteiger partial charge in [0.15, 0.2) is 0 Å². The molecule has 42 heavy (non-hydrogen) atoms. The van der Waals surface area contributed by atoms with Crippen LogP contribution in [0.3, 0.4) is 0 Å². The number of nitrogens with one attached hydrogen (secondary N) is 1. The maximum absolute atomic E-state index is 13.3. The van der Waals surface area contributed by atoms with Gasteiger partial charge in [0.1, 0.15) is 5.56 Å². The molecule has 2 saturated heterocycles. The van der Waals surface area contributed by atoms with Crippen molar-refractivity contribution in [3.8, 4) is 0 Å². The Hall–Kier alpha value is -3.60. The van der Waals surface area contributed by atoms with Crippen LogP contribution in [0.4, 0.5) is 30.2 Å². The highest BCUT2D eigenvalue weighted by atomic mass is 19.4. The van der Waals surface area contributed by atoms with Crippen LogP contribution in [0, 0.1) is 16.0 Å². The molecule has 2 aromatic rings. The number of fused-ring (bicyclic) bond motifs is 1. The highest BCUT2D eigenvalue weighted by molar-refractivity contribution is 5.76. The van der Waals surface area contributed by atoms with E-state index in [1.54, 1.807) is 0 Å². The molecule has 0 spiro atoms. The summed E-state index contributed by atoms with van der Waals surface area (Å²) in [4.78, 5) is 29.4. The molecule has 2 aromatic carbocycles. The first-order valence-electron chi connectivity index (χ1n) is 14.5. The van der Waals surface area contributed by atoms with Gasteiger partial charge < -0.3 is 15.1 Å². The first-order valence-corrected chi connectivity index (χ1v) is 14.5. The number of carbonyl (C=O) groups excluding carboxylic acids is 1. The van der Waals surface area contributed by atoms with Gasteiger partial charge in [0.05, 0.1) is 4.92 Å². The first-order chi connectivity index (χ1) is 19.8. The number of nitro benzene ring substituents is 1. The van der Waals surface area contributed by atoms with Crippen LogP contribution in [-0.2, 0) is 16.4 Å². The van der Waals surface area contributed by atoms with Crippen molar-refractivity contribution in [2.75, 3.05) is 49.5 Å². The number of amides is 1. The van der Waals surface area contributed by atoms with E-state index in [0.717, 1.165) is 31.8 Å². The number of benzene rings is 2. The molecule has 3 heterocycles. The van der Waals surface area contributed by atoms with E-state index >= 15 is 0 Å². The molecule has 0 saturated carbocycles. The van der Waals surface area contributed by atoms with Gasteiger partial charge in [-0.25, -0.2) is 0 Å². The van der Waals surface area contributed by atoms with Gasteiger partial charge in [0.2, 0.25) is 5.91 Å². The van der Waals surface area contributed by atoms with Crippen LogP contribution in [0.25, 0.3) is 0 Å². The highest BCUT2D eigenvalue weighted by Crippen LogP contribution is 2.38. The maximum atomic E-state index is 13.3. The Balaban J connectivity index is 1.07. The second-order valence-electron chi connectivity index (χ2n) is 12.6. The lowest BCUT2D eigenvalue weighted by atomic mass is 9.87. The Morgan fingerprint density at radius 3 is 2.33 bits per heavy atom. The fraction of sp³-hybridized carbons (Fsp3) is 0.516. The molecule has 5 rings (SSSR count). The zero-order valence-electron chi connectivity index (χ0n) is 24.3. The summed E-state index contributed by atoms with van der Waals surface area (Å²) in [5, 5.41) is 14.1. The standard InChI is InChI=1S/C31H38F3N5O3/c1-30(2,3)23-4-7-26(8-5-23)38-19-21-17-36(18-22(21)20-38)13-12-29(40)37-14-10-24(11-15-37)35-25-6-9-28(39(41)42)27(16-25)31(32,33)34/h4-9,16,19,22,24,35H,10-15,17-18,20H2,1-3H3. The summed E-state index contributed by atoms with van der Waals surface area (Å²) in [6, 6.07) is 11.7. The maximum Gasteiger partial charge on any atom is 0.423 e. The lowest BCUT2D eigenvalue weighted by Gasteiger charge is -2.33. The van der Waals surface area contributed by atoms with Gasteiger partial charge in [-0.1, -0.05) is 32.9 Å². The Kier molecular flexibility index (Phi) is 8.24. The zero-order chi connectivity index (χ0) is 30.2. The minimum atomic E-state index is -4.82. The quantitative estimate of drug-likeness (QED) is 0.315. The van der Waals surface area contributed by atoms with Crippen LogP contribution in [0.5, 0.6) is 0 Å². The molecule has 11 heteroatoms. The van der Waals surface area contributed by atoms with E-state index in [1.165, 1.54) is 22.9 Å². The minimum absolute atomic E-state index is 0.0924. The van der Waals surface area contributed by atoms with Crippen molar-refractivity contribution in [3.63, 3.8) is 0 Å². The number of rotatable bonds is 7. The van der Waals surface area contributed by atoms with Gasteiger partial charge >= 0.3 is 6.18 Å². The number of nitro groups is 1. The topological polar surface area (TPSA) is 82.0 Å². The molecular weight excluding hydrogens is 547 g/mol. The smallest absolute Gasteiger partial charge is 0.382 e. The number of likely N-dealkylation sites (tertiary alicyclic amines) is 2. The fourth-order valence-electron chi connectivity index (χ4n) is 6.13. The molecule has 1 atom stereocenters. The van der Waals surface area contributed by atoms with Crippen LogP contribution >= 0.6 is 0 Å². The Bertz CT molecular complexity index is 1350. The van der Waals surface area contributed by atoms with E-state index < -0.39 is 22.4 Å². The second kappa shape index (κ2) is 11.6. The van der Waals surface area contributed by atoms with Gasteiger partial charge in [-0.05, 0) is 53.7 Å². The van der Waals surface area contributed by atoms with Crippen LogP contribution < -0.4 is 10.2 Å². The summed E-state index contributed by atoms with van der Waals surface area (Å²) in [6.45, 7) is 11.2. The summed E-state index contributed by atoms with van der Waals surface area (Å²) in [5.41, 5.74) is 2.02. The van der Waals surface area contributed by atoms with Crippen LogP contribution in [-0.4, -0.2) is 65.9 Å². The molecule has 0 aliphatic carbocycles. The highest BCUT2D eigenvalue weighted by Gasteiger charge is 2.39. The average molecular weight is 586 g/mol. The van der Waals surface area contributed by atoms with Crippen molar-refractivity contribution in [2.45, 2.75) is 57.7 Å². The van der Waals surface area contributed by atoms with Crippen molar-refractivity contribution < 1.29 is 22.9 Å². The zero-order valence-corrected chi connectivity index (χ0v) is 24.3. The van der Waals surface area contributed by atoms with Crippen LogP contribution in [0.15, 0.2) is 54.2 Å². The number of carbonyl (C=O) groups is 1. The van der Waals surface area contributed by atoms with E-state index in [9.17, 15) is 28.1 Å². The van der Waals surface area contributed by atoms with E-state index in [-0.39, 0.29) is 23.1 Å². The van der Waals surface area contributed by atoms with Gasteiger partial charge in [0, 0.05) is 81.3 Å². The van der Waals surface area contributed by atoms with Gasteiger partial charge in [-0.2, -0.15) is 13.2 Å². The predicted octanol–water partition coefficient (Wildman–Crippen LogP) is 6.04. The third kappa shape index (κ3) is 6.72. The third-order valence-electron chi connectivity index (χ3n) is 8.57. The number of halogens is 3. The van der Waals surface area contributed by atoms with E-state index in [4.69, 9.17) is 0 Å². The fourth-order valence-corrected chi connectivity index (χ4v) is 6.13. The molecule has 3 aliphatic rings. The van der Waals surface area contributed by atoms with E-state index in [0.29, 0.717) is 44.8 Å². The van der Waals surface area contributed by atoms with E-state index in [1.807, 2.05) is 4.90 Å². The molecule has 0 aromatic heterocycles. The number of hydrogen-bond donors (Lipinski definition) is 1. The number of anilines is 2. The van der Waals surface area contributed by atoms with Gasteiger partial charge in [-0.15, -0.1) is 0 Å². The Morgan fingerprint density at radius 1 is 1.05 bits per heavy atom. The van der Waals surface area contributed by atoms with Crippen LogP contribution in [0.1, 0.15) is 51.2 Å². The molecule has 1 amide bonds. The van der Waals surface area contributed by atoms with Crippen molar-refractivity contribution in [1.29, 1.82) is 0 Å². The third-order valence-corrected chi connectivity index (χ3v) is 8.57. The van der Waals surface area contributed by atoms with Crippen molar-refractivity contribution in [2.24, 2.45) is 5.92 Å². The molecule has 3 aliphatic heterocycles. The lowest BCUT2D eigenvalue weighted by molar-refractivity contribution is -0.388. The van der Waals surface area contributed by atoms with Crippen LogP contribution in [0.2, 0.25) is 0 Å². The van der Waals surface area contributed by atoms with E-state index in [2.05, 4.69) is 66.4 Å². The molecule has 2 fully saturated rings. The number of piperidine rings is 1. The molecule has 1 N–H and O–H groups in total. The minimum Gasteiger partial charge on any atom is -0.382 e. The summed E-state index contributed by atoms with van der Waals surface area (Å²) >= 11 is 0. The molecule has 226 valence electrons. The largest absolute Gasteiger partial charge is 0.423 e. The molecule has 0 bridgehead atoms. The monoisotopic (exact) mass is 585 g/mol. The second-order valence-corrected chi connectivity index (χ2v) is 12.6. The normalized spacial score (nSPS) is 20.0. The number of nitrogens with zero attached hydrogens (tertiary/aromatic N) is 4. The van der Waals surface area contributed by atoms with Crippen molar-refractivity contribution in [3.05, 3.63) is 75.5 Å². The Morgan fingerprint density at radius 2 is 1.74 bits per heavy atom. The number of hydrogen-bond acceptors (Lipinski definition) is 6. The average Bonchev–Trinajstić information content (AvgIpc) is 3.50. The number of alkyl halides is 3. The summed E-state index contributed by atoms with van der Waals surface area (Å²) in [5.74, 6) is 0.566. The lowest BCUT2D eigenvalue weighted by Crippen LogP contribution is -2.43. The Labute approximate surface area is 244 Å². The summed E-state index contributed by atoms with van der Waals surface area (Å²) < 4.78 is 39.9. The predicted molar refractivity (Wildman–Crippen MR) is 156 cm³/mol. The molecular formula is C31H38F3N5O3. The van der Waals surface area contributed by atoms with Crippen molar-refractivity contribution in [1.82, 2.24) is 9.80 Å². The molecule has 8 nitrogen and oxygen atoms in total. The van der Waals surface area contributed by atoms with Gasteiger partial charge in [0.25, 0.3) is 5.69 Å². The SMILES string of the molecule is CC(C)(C)c1ccc(N2C=C3CN(CCC(=O)N4CCC(Nc5ccc([N+](=O)[O-])c(C(F)(F)F)c5)CC4)CC3C2)cc1. The summed E-state index contributed by atoms with van der Waals surface area (Å²) in [7, 11) is 0. The summed E-state index contributed by atoms with van der Waals surface area (Å²) in [6.07, 6.45) is -0.935.